The molecule has 0 saturated carbocycles. The molecule has 0 atom stereocenters. The number of hydrogen-bond donors (Lipinski definition) is 1. The van der Waals surface area contributed by atoms with Crippen LogP contribution in [0.1, 0.15) is 49.9 Å². The van der Waals surface area contributed by atoms with E-state index >= 15 is 0 Å². The fourth-order valence-corrected chi connectivity index (χ4v) is 9.94. The first-order valence-corrected chi connectivity index (χ1v) is 23.9. The molecule has 2 aliphatic rings. The lowest BCUT2D eigenvalue weighted by atomic mass is 9.86. The van der Waals surface area contributed by atoms with Crippen molar-refractivity contribution in [3.05, 3.63) is 210 Å². The fraction of sp³-hybridized carbons (Fsp3) is 0.167. The van der Waals surface area contributed by atoms with Crippen molar-refractivity contribution in [2.24, 2.45) is 0 Å². The Morgan fingerprint density at radius 1 is 0.535 bits per heavy atom. The van der Waals surface area contributed by atoms with Gasteiger partial charge >= 0.3 is 0 Å². The topological polar surface area (TPSA) is 92.6 Å². The lowest BCUT2D eigenvalue weighted by molar-refractivity contribution is 0.569. The van der Waals surface area contributed by atoms with Crippen molar-refractivity contribution in [1.82, 2.24) is 29.9 Å². The van der Waals surface area contributed by atoms with Crippen molar-refractivity contribution >= 4 is 50.5 Å². The number of aromatic nitrogens is 6. The van der Waals surface area contributed by atoms with Gasteiger partial charge < -0.3 is 10.2 Å². The quantitative estimate of drug-likeness (QED) is 0.182. The molecular formula is C60H51ClF2N8. The third-order valence-electron chi connectivity index (χ3n) is 13.4. The van der Waals surface area contributed by atoms with Gasteiger partial charge in [-0.15, -0.1) is 0 Å². The van der Waals surface area contributed by atoms with Crippen molar-refractivity contribution in [2.75, 3.05) is 23.3 Å². The van der Waals surface area contributed by atoms with Gasteiger partial charge in [0, 0.05) is 101 Å². The van der Waals surface area contributed by atoms with Crippen LogP contribution >= 0.6 is 11.6 Å². The maximum absolute atomic E-state index is 14.3. The summed E-state index contributed by atoms with van der Waals surface area (Å²) in [6.45, 7) is 14.9. The number of rotatable bonds is 5. The molecule has 0 aliphatic carbocycles. The SMILES string of the molecule is CC1(C)CNc2cc(-c3ccncc3)ccc21.Cc1c(-c2ccccn2)nc2cc(F)ccc2c1Cl.Cc1c(-c2ccccn2)nc2cc(F)ccc2c1N1CC(C)(C)c2ccc(-c3ccncc3)cc21. The molecule has 0 amide bonds. The van der Waals surface area contributed by atoms with Gasteiger partial charge in [0.2, 0.25) is 0 Å². The molecule has 10 aromatic rings. The minimum Gasteiger partial charge on any atom is -0.384 e. The molecule has 0 radical (unpaired) electrons. The lowest BCUT2D eigenvalue weighted by Crippen LogP contribution is -2.25. The third-order valence-corrected chi connectivity index (χ3v) is 13.9. The number of fused-ring (bicyclic) bond motifs is 4. The molecule has 12 rings (SSSR count). The van der Waals surface area contributed by atoms with E-state index in [4.69, 9.17) is 16.6 Å². The Balaban J connectivity index is 0.000000136. The van der Waals surface area contributed by atoms with Crippen LogP contribution in [-0.4, -0.2) is 43.0 Å². The van der Waals surface area contributed by atoms with Crippen LogP contribution in [0.5, 0.6) is 0 Å². The van der Waals surface area contributed by atoms with E-state index in [9.17, 15) is 8.78 Å². The van der Waals surface area contributed by atoms with E-state index in [0.717, 1.165) is 74.6 Å². The molecule has 0 saturated heterocycles. The summed E-state index contributed by atoms with van der Waals surface area (Å²) in [6.07, 6.45) is 10.8. The van der Waals surface area contributed by atoms with Gasteiger partial charge in [-0.3, -0.25) is 19.9 Å². The lowest BCUT2D eigenvalue weighted by Gasteiger charge is -2.27. The first kappa shape index (κ1) is 46.8. The number of pyridine rings is 6. The Morgan fingerprint density at radius 2 is 1.07 bits per heavy atom. The second-order valence-corrected chi connectivity index (χ2v) is 19.6. The molecular weight excluding hydrogens is 906 g/mol. The average Bonchev–Trinajstić information content (AvgIpc) is 3.85. The molecule has 1 N–H and O–H groups in total. The van der Waals surface area contributed by atoms with Crippen LogP contribution in [0.4, 0.5) is 25.8 Å². The zero-order chi connectivity index (χ0) is 49.4. The van der Waals surface area contributed by atoms with Crippen LogP contribution in [0, 0.1) is 25.5 Å². The Kier molecular flexibility index (Phi) is 12.6. The van der Waals surface area contributed by atoms with E-state index in [1.54, 1.807) is 18.5 Å². The van der Waals surface area contributed by atoms with Crippen molar-refractivity contribution in [3.8, 4) is 45.0 Å². The standard InChI is InChI=1S/C30H25FN4.C15H10ClFN2.C15H16N2/c1-19-28(25-6-4-5-13-33-25)34-26-17-22(31)8-9-23(26)29(19)35-18-30(2,3)24-10-7-21(16-27(24)35)20-11-14-32-15-12-20;1-9-14(16)11-6-5-10(17)8-13(11)19-15(9)12-4-2-3-7-18-12;1-15(2)10-17-14-9-12(3-4-13(14)15)11-5-7-16-8-6-11/h4-17H,18H2,1-3H3;2-8H,1H3;3-9,17H,10H2,1-2H3. The van der Waals surface area contributed by atoms with Gasteiger partial charge in [-0.25, -0.2) is 18.7 Å². The molecule has 4 aromatic carbocycles. The zero-order valence-corrected chi connectivity index (χ0v) is 41.1. The van der Waals surface area contributed by atoms with Crippen LogP contribution in [0.25, 0.3) is 66.8 Å². The molecule has 6 aromatic heterocycles. The molecule has 0 bridgehead atoms. The van der Waals surface area contributed by atoms with Gasteiger partial charge in [0.1, 0.15) is 11.6 Å². The summed E-state index contributed by atoms with van der Waals surface area (Å²) in [4.78, 5) is 28.8. The molecule has 0 fully saturated rings. The van der Waals surface area contributed by atoms with Crippen molar-refractivity contribution in [2.45, 2.75) is 52.4 Å². The van der Waals surface area contributed by atoms with Crippen LogP contribution in [0.15, 0.2) is 171 Å². The number of nitrogens with zero attached hydrogens (tertiary/aromatic N) is 7. The largest absolute Gasteiger partial charge is 0.384 e. The summed E-state index contributed by atoms with van der Waals surface area (Å²) in [5.74, 6) is -0.624. The van der Waals surface area contributed by atoms with E-state index in [1.165, 1.54) is 52.2 Å². The van der Waals surface area contributed by atoms with E-state index in [2.05, 4.69) is 106 Å². The highest BCUT2D eigenvalue weighted by atomic mass is 35.5. The van der Waals surface area contributed by atoms with E-state index in [0.29, 0.717) is 21.7 Å². The molecule has 71 heavy (non-hydrogen) atoms. The first-order valence-electron chi connectivity index (χ1n) is 23.5. The predicted molar refractivity (Wildman–Crippen MR) is 285 cm³/mol. The second-order valence-electron chi connectivity index (χ2n) is 19.3. The van der Waals surface area contributed by atoms with Gasteiger partial charge in [0.15, 0.2) is 0 Å². The third kappa shape index (κ3) is 9.31. The average molecular weight is 958 g/mol. The number of benzene rings is 4. The summed E-state index contributed by atoms with van der Waals surface area (Å²) in [5, 5.41) is 5.76. The molecule has 0 spiro atoms. The van der Waals surface area contributed by atoms with Crippen LogP contribution in [0.2, 0.25) is 5.02 Å². The Bertz CT molecular complexity index is 3580. The zero-order valence-electron chi connectivity index (χ0n) is 40.3. The minimum absolute atomic E-state index is 0.0562. The summed E-state index contributed by atoms with van der Waals surface area (Å²) in [7, 11) is 0. The number of nitrogens with one attached hydrogen (secondary N) is 1. The second kappa shape index (κ2) is 19.1. The van der Waals surface area contributed by atoms with Gasteiger partial charge in [-0.05, 0) is 138 Å². The van der Waals surface area contributed by atoms with Gasteiger partial charge in [-0.1, -0.05) is 75.7 Å². The summed E-state index contributed by atoms with van der Waals surface area (Å²) in [5.41, 5.74) is 17.1. The van der Waals surface area contributed by atoms with Crippen molar-refractivity contribution in [3.63, 3.8) is 0 Å². The Morgan fingerprint density at radius 3 is 1.65 bits per heavy atom. The smallest absolute Gasteiger partial charge is 0.125 e. The Hall–Kier alpha value is -7.95. The van der Waals surface area contributed by atoms with Gasteiger partial charge in [0.05, 0.1) is 44.5 Å². The molecule has 352 valence electrons. The minimum atomic E-state index is -0.327. The highest BCUT2D eigenvalue weighted by Gasteiger charge is 2.38. The van der Waals surface area contributed by atoms with Gasteiger partial charge in [-0.2, -0.15) is 0 Å². The number of halogens is 3. The maximum Gasteiger partial charge on any atom is 0.125 e. The van der Waals surface area contributed by atoms with Gasteiger partial charge in [0.25, 0.3) is 0 Å². The van der Waals surface area contributed by atoms with Crippen molar-refractivity contribution < 1.29 is 8.78 Å². The molecule has 11 heteroatoms. The number of hydrogen-bond acceptors (Lipinski definition) is 8. The normalized spacial score (nSPS) is 13.9. The molecule has 8 heterocycles. The predicted octanol–water partition coefficient (Wildman–Crippen LogP) is 15.1. The maximum atomic E-state index is 14.3. The first-order chi connectivity index (χ1) is 34.3. The van der Waals surface area contributed by atoms with E-state index < -0.39 is 0 Å². The molecule has 0 unspecified atom stereocenters. The summed E-state index contributed by atoms with van der Waals surface area (Å²) >= 11 is 6.34. The summed E-state index contributed by atoms with van der Waals surface area (Å²) in [6, 6.07) is 42.2. The van der Waals surface area contributed by atoms with Crippen LogP contribution in [0.3, 0.4) is 0 Å². The molecule has 8 nitrogen and oxygen atoms in total. The highest BCUT2D eigenvalue weighted by Crippen LogP contribution is 2.49. The van der Waals surface area contributed by atoms with Crippen LogP contribution < -0.4 is 10.2 Å². The molecule has 2 aliphatic heterocycles. The van der Waals surface area contributed by atoms with E-state index in [-0.39, 0.29) is 22.5 Å². The highest BCUT2D eigenvalue weighted by molar-refractivity contribution is 6.36. The van der Waals surface area contributed by atoms with Crippen LogP contribution in [-0.2, 0) is 10.8 Å². The van der Waals surface area contributed by atoms with E-state index in [1.807, 2.05) is 98.4 Å². The van der Waals surface area contributed by atoms with Crippen molar-refractivity contribution in [1.29, 1.82) is 0 Å². The monoisotopic (exact) mass is 956 g/mol. The Labute approximate surface area is 417 Å². The fourth-order valence-electron chi connectivity index (χ4n) is 9.69. The summed E-state index contributed by atoms with van der Waals surface area (Å²) < 4.78 is 27.6. The number of anilines is 3.